The second kappa shape index (κ2) is 6.86. The number of benzene rings is 1. The van der Waals surface area contributed by atoms with Gasteiger partial charge >= 0.3 is 0 Å². The minimum absolute atomic E-state index is 0.0994. The van der Waals surface area contributed by atoms with E-state index < -0.39 is 0 Å². The molecule has 1 heterocycles. The first kappa shape index (κ1) is 15.0. The van der Waals surface area contributed by atoms with Gasteiger partial charge in [-0.1, -0.05) is 18.5 Å². The Kier molecular flexibility index (Phi) is 5.15. The molecule has 1 atom stereocenters. The van der Waals surface area contributed by atoms with E-state index in [1.807, 2.05) is 19.1 Å². The molecule has 0 bridgehead atoms. The fourth-order valence-electron chi connectivity index (χ4n) is 1.91. The maximum Gasteiger partial charge on any atom is 0.231 e. The number of halogens is 1. The summed E-state index contributed by atoms with van der Waals surface area (Å²) in [6.07, 6.45) is 1.65. The predicted octanol–water partition coefficient (Wildman–Crippen LogP) is 3.22. The maximum atomic E-state index is 6.04. The quantitative estimate of drug-likeness (QED) is 0.876. The number of hydrogen-bond donors (Lipinski definition) is 1. The highest BCUT2D eigenvalue weighted by Gasteiger charge is 2.19. The van der Waals surface area contributed by atoms with Crippen LogP contribution >= 0.6 is 11.6 Å². The minimum atomic E-state index is 0.0994. The summed E-state index contributed by atoms with van der Waals surface area (Å²) in [5.41, 5.74) is 9.55. The molecule has 0 saturated heterocycles. The Labute approximate surface area is 124 Å². The van der Waals surface area contributed by atoms with Gasteiger partial charge in [-0.05, 0) is 37.0 Å². The topological polar surface area (TPSA) is 53.7 Å². The second-order valence-corrected chi connectivity index (χ2v) is 5.15. The average molecular weight is 298 g/mol. The van der Waals surface area contributed by atoms with Crippen LogP contribution in [0.15, 0.2) is 23.2 Å². The zero-order valence-corrected chi connectivity index (χ0v) is 12.6. The molecular weight excluding hydrogens is 278 g/mol. The van der Waals surface area contributed by atoms with E-state index in [4.69, 9.17) is 31.5 Å². The van der Waals surface area contributed by atoms with Crippen LogP contribution < -0.4 is 19.9 Å². The van der Waals surface area contributed by atoms with Crippen molar-refractivity contribution in [3.05, 3.63) is 28.8 Å². The lowest BCUT2D eigenvalue weighted by atomic mass is 10.0. The molecule has 0 radical (unpaired) electrons. The summed E-state index contributed by atoms with van der Waals surface area (Å²) >= 11 is 5.65. The summed E-state index contributed by atoms with van der Waals surface area (Å²) in [6, 6.07) is 3.91. The normalized spacial score (nSPS) is 15.3. The van der Waals surface area contributed by atoms with Gasteiger partial charge in [0.15, 0.2) is 11.5 Å². The molecule has 4 nitrogen and oxygen atoms in total. The van der Waals surface area contributed by atoms with E-state index >= 15 is 0 Å². The van der Waals surface area contributed by atoms with Crippen LogP contribution in [0.1, 0.15) is 25.8 Å². The van der Waals surface area contributed by atoms with Crippen LogP contribution in [0.5, 0.6) is 17.2 Å². The molecule has 0 aliphatic carbocycles. The smallest absolute Gasteiger partial charge is 0.231 e. The third-order valence-corrected chi connectivity index (χ3v) is 3.58. The van der Waals surface area contributed by atoms with E-state index in [1.54, 1.807) is 0 Å². The Morgan fingerprint density at radius 1 is 1.45 bits per heavy atom. The molecule has 1 aromatic carbocycles. The third-order valence-electron chi connectivity index (χ3n) is 3.20. The van der Waals surface area contributed by atoms with Crippen molar-refractivity contribution in [2.75, 3.05) is 13.4 Å². The molecule has 110 valence electrons. The Morgan fingerprint density at radius 2 is 2.15 bits per heavy atom. The van der Waals surface area contributed by atoms with Crippen LogP contribution in [-0.4, -0.2) is 19.4 Å². The van der Waals surface area contributed by atoms with Crippen molar-refractivity contribution in [2.24, 2.45) is 5.73 Å². The number of hydrogen-bond acceptors (Lipinski definition) is 4. The van der Waals surface area contributed by atoms with Gasteiger partial charge < -0.3 is 19.9 Å². The Balaban J connectivity index is 2.22. The van der Waals surface area contributed by atoms with Crippen LogP contribution in [0.2, 0.25) is 0 Å². The van der Waals surface area contributed by atoms with Crippen molar-refractivity contribution in [3.63, 3.8) is 0 Å². The summed E-state index contributed by atoms with van der Waals surface area (Å²) in [7, 11) is 0. The molecule has 20 heavy (non-hydrogen) atoms. The van der Waals surface area contributed by atoms with Crippen molar-refractivity contribution in [1.82, 2.24) is 0 Å². The highest BCUT2D eigenvalue weighted by Crippen LogP contribution is 2.38. The van der Waals surface area contributed by atoms with Crippen LogP contribution in [-0.2, 0) is 6.42 Å². The van der Waals surface area contributed by atoms with Gasteiger partial charge in [-0.15, -0.1) is 0 Å². The van der Waals surface area contributed by atoms with Crippen molar-refractivity contribution >= 4 is 11.6 Å². The zero-order chi connectivity index (χ0) is 14.5. The van der Waals surface area contributed by atoms with Gasteiger partial charge in [0, 0.05) is 17.6 Å². The number of rotatable bonds is 6. The molecule has 5 heteroatoms. The fourth-order valence-corrected chi connectivity index (χ4v) is 1.97. The van der Waals surface area contributed by atoms with E-state index in [2.05, 4.69) is 6.92 Å². The molecule has 1 aliphatic heterocycles. The number of ether oxygens (including phenoxy) is 3. The molecule has 1 aliphatic rings. The molecule has 2 rings (SSSR count). The summed E-state index contributed by atoms with van der Waals surface area (Å²) < 4.78 is 16.6. The van der Waals surface area contributed by atoms with E-state index in [1.165, 1.54) is 5.54 Å². The molecule has 0 saturated carbocycles. The second-order valence-electron chi connectivity index (χ2n) is 4.93. The van der Waals surface area contributed by atoms with Gasteiger partial charge in [0.25, 0.3) is 0 Å². The number of nitrogens with two attached hydrogens (primary N) is 1. The van der Waals surface area contributed by atoms with Gasteiger partial charge in [0.1, 0.15) is 12.4 Å². The number of fused-ring (bicyclic) bond motifs is 1. The highest BCUT2D eigenvalue weighted by molar-refractivity contribution is 6.25. The standard InChI is InChI=1S/C15H20ClNO3/c1-3-12(17)4-11-5-14-15(20-9-19-14)6-13(11)18-8-10(2)7-16/h5-7,12H,3-4,8-9,17H2,1-2H3/b10-7+. The van der Waals surface area contributed by atoms with Crippen molar-refractivity contribution < 1.29 is 14.2 Å². The first-order valence-electron chi connectivity index (χ1n) is 6.70. The van der Waals surface area contributed by atoms with Crippen molar-refractivity contribution in [2.45, 2.75) is 32.7 Å². The summed E-state index contributed by atoms with van der Waals surface area (Å²) in [6.45, 7) is 4.67. The van der Waals surface area contributed by atoms with Crippen LogP contribution in [0, 0.1) is 0 Å². The van der Waals surface area contributed by atoms with Gasteiger partial charge in [-0.2, -0.15) is 0 Å². The summed E-state index contributed by atoms with van der Waals surface area (Å²) in [4.78, 5) is 0. The van der Waals surface area contributed by atoms with Crippen molar-refractivity contribution in [3.8, 4) is 17.2 Å². The molecule has 1 unspecified atom stereocenters. The fraction of sp³-hybridized carbons (Fsp3) is 0.467. The summed E-state index contributed by atoms with van der Waals surface area (Å²) in [5.74, 6) is 2.23. The minimum Gasteiger partial charge on any atom is -0.489 e. The lowest BCUT2D eigenvalue weighted by Gasteiger charge is -2.15. The van der Waals surface area contributed by atoms with Crippen LogP contribution in [0.3, 0.4) is 0 Å². The van der Waals surface area contributed by atoms with Gasteiger partial charge in [-0.25, -0.2) is 0 Å². The largest absolute Gasteiger partial charge is 0.489 e. The van der Waals surface area contributed by atoms with Crippen LogP contribution in [0.25, 0.3) is 0 Å². The van der Waals surface area contributed by atoms with E-state index in [0.29, 0.717) is 12.4 Å². The van der Waals surface area contributed by atoms with E-state index in [-0.39, 0.29) is 12.8 Å². The lowest BCUT2D eigenvalue weighted by molar-refractivity contribution is 0.174. The van der Waals surface area contributed by atoms with E-state index in [9.17, 15) is 0 Å². The Bertz CT molecular complexity index is 502. The van der Waals surface area contributed by atoms with Gasteiger partial charge in [-0.3, -0.25) is 0 Å². The molecule has 0 aromatic heterocycles. The molecule has 1 aromatic rings. The van der Waals surface area contributed by atoms with Gasteiger partial charge in [0.2, 0.25) is 6.79 Å². The lowest BCUT2D eigenvalue weighted by Crippen LogP contribution is -2.21. The molecule has 2 N–H and O–H groups in total. The van der Waals surface area contributed by atoms with Gasteiger partial charge in [0.05, 0.1) is 0 Å². The monoisotopic (exact) mass is 297 g/mol. The third kappa shape index (κ3) is 3.58. The predicted molar refractivity (Wildman–Crippen MR) is 79.6 cm³/mol. The SMILES string of the molecule is CCC(N)Cc1cc2c(cc1OC/C(C)=C/Cl)OCO2. The average Bonchev–Trinajstić information content (AvgIpc) is 2.91. The first-order valence-corrected chi connectivity index (χ1v) is 7.14. The molecular formula is C15H20ClNO3. The Morgan fingerprint density at radius 3 is 2.80 bits per heavy atom. The van der Waals surface area contributed by atoms with Crippen LogP contribution in [0.4, 0.5) is 0 Å². The van der Waals surface area contributed by atoms with E-state index in [0.717, 1.165) is 35.5 Å². The molecule has 0 fully saturated rings. The highest BCUT2D eigenvalue weighted by atomic mass is 35.5. The summed E-state index contributed by atoms with van der Waals surface area (Å²) in [5, 5.41) is 0. The Hall–Kier alpha value is -1.39. The maximum absolute atomic E-state index is 6.04. The first-order chi connectivity index (χ1) is 9.63. The molecule has 0 amide bonds. The van der Waals surface area contributed by atoms with Crippen molar-refractivity contribution in [1.29, 1.82) is 0 Å². The molecule has 0 spiro atoms. The zero-order valence-electron chi connectivity index (χ0n) is 11.8.